The highest BCUT2D eigenvalue weighted by molar-refractivity contribution is 5.84. The van der Waals surface area contributed by atoms with E-state index >= 15 is 0 Å². The van der Waals surface area contributed by atoms with Crippen LogP contribution in [0.1, 0.15) is 0 Å². The SMILES string of the molecule is O=C(O)[C]1COC1. The Kier molecular flexibility index (Phi) is 0.982. The molecule has 39 valence electrons. The standard InChI is InChI=1S/C4H5O3/c5-4(6)3-1-7-2-3/h1-2H2,(H,5,6). The fourth-order valence-electron chi connectivity index (χ4n) is 0.328. The van der Waals surface area contributed by atoms with Gasteiger partial charge >= 0.3 is 5.97 Å². The molecular weight excluding hydrogens is 96.0 g/mol. The van der Waals surface area contributed by atoms with Gasteiger partial charge in [0, 0.05) is 0 Å². The van der Waals surface area contributed by atoms with Crippen LogP contribution in [0.5, 0.6) is 0 Å². The van der Waals surface area contributed by atoms with Crippen LogP contribution in [0.3, 0.4) is 0 Å². The van der Waals surface area contributed by atoms with Crippen molar-refractivity contribution in [2.75, 3.05) is 13.2 Å². The second-order valence-electron chi connectivity index (χ2n) is 1.40. The van der Waals surface area contributed by atoms with Crippen LogP contribution in [-0.2, 0) is 9.53 Å². The maximum absolute atomic E-state index is 9.86. The summed E-state index contributed by atoms with van der Waals surface area (Å²) in [4.78, 5) is 9.86. The fourth-order valence-corrected chi connectivity index (χ4v) is 0.328. The van der Waals surface area contributed by atoms with Gasteiger partial charge in [-0.15, -0.1) is 0 Å². The molecule has 0 aromatic carbocycles. The van der Waals surface area contributed by atoms with Crippen LogP contribution < -0.4 is 0 Å². The largest absolute Gasteiger partial charge is 0.481 e. The first kappa shape index (κ1) is 4.59. The van der Waals surface area contributed by atoms with Gasteiger partial charge < -0.3 is 9.84 Å². The third-order valence-electron chi connectivity index (χ3n) is 0.855. The molecule has 1 fully saturated rings. The van der Waals surface area contributed by atoms with E-state index in [9.17, 15) is 4.79 Å². The van der Waals surface area contributed by atoms with Crippen molar-refractivity contribution in [1.82, 2.24) is 0 Å². The van der Waals surface area contributed by atoms with Crippen LogP contribution in [0.2, 0.25) is 0 Å². The van der Waals surface area contributed by atoms with Gasteiger partial charge in [0.15, 0.2) is 0 Å². The van der Waals surface area contributed by atoms with Gasteiger partial charge in [-0.25, -0.2) is 0 Å². The number of hydrogen-bond acceptors (Lipinski definition) is 2. The monoisotopic (exact) mass is 101 g/mol. The minimum Gasteiger partial charge on any atom is -0.481 e. The van der Waals surface area contributed by atoms with Gasteiger partial charge in [0.25, 0.3) is 0 Å². The Balaban J connectivity index is 2.27. The van der Waals surface area contributed by atoms with Crippen molar-refractivity contribution in [3.05, 3.63) is 5.92 Å². The molecule has 7 heavy (non-hydrogen) atoms. The molecule has 1 rings (SSSR count). The van der Waals surface area contributed by atoms with Gasteiger partial charge in [-0.05, 0) is 0 Å². The van der Waals surface area contributed by atoms with Crippen molar-refractivity contribution < 1.29 is 14.6 Å². The van der Waals surface area contributed by atoms with Crippen molar-refractivity contribution in [3.8, 4) is 0 Å². The minimum absolute atomic E-state index is 0.315. The highest BCUT2D eigenvalue weighted by atomic mass is 16.5. The lowest BCUT2D eigenvalue weighted by Gasteiger charge is -2.19. The Morgan fingerprint density at radius 2 is 2.29 bits per heavy atom. The summed E-state index contributed by atoms with van der Waals surface area (Å²) in [6, 6.07) is 0. The van der Waals surface area contributed by atoms with E-state index < -0.39 is 5.97 Å². The number of carboxylic acids is 1. The van der Waals surface area contributed by atoms with Gasteiger partial charge in [-0.1, -0.05) is 0 Å². The first-order valence-corrected chi connectivity index (χ1v) is 1.96. The Bertz CT molecular complexity index is 84.9. The molecule has 0 aromatic heterocycles. The molecule has 0 spiro atoms. The van der Waals surface area contributed by atoms with Crippen molar-refractivity contribution in [2.24, 2.45) is 0 Å². The Morgan fingerprint density at radius 1 is 1.71 bits per heavy atom. The molecule has 3 heteroatoms. The van der Waals surface area contributed by atoms with Gasteiger partial charge in [-0.3, -0.25) is 4.79 Å². The number of aliphatic carboxylic acids is 1. The molecule has 3 nitrogen and oxygen atoms in total. The zero-order valence-electron chi connectivity index (χ0n) is 3.68. The summed E-state index contributed by atoms with van der Waals surface area (Å²) in [7, 11) is 0. The lowest BCUT2D eigenvalue weighted by molar-refractivity contribution is -0.140. The Morgan fingerprint density at radius 3 is 2.29 bits per heavy atom. The number of rotatable bonds is 1. The zero-order chi connectivity index (χ0) is 5.28. The number of ether oxygens (including phenoxy) is 1. The maximum atomic E-state index is 9.86. The molecule has 1 heterocycles. The maximum Gasteiger partial charge on any atom is 0.315 e. The molecule has 1 aliphatic heterocycles. The van der Waals surface area contributed by atoms with Crippen molar-refractivity contribution in [1.29, 1.82) is 0 Å². The van der Waals surface area contributed by atoms with Crippen molar-refractivity contribution in [3.63, 3.8) is 0 Å². The van der Waals surface area contributed by atoms with Crippen LogP contribution in [-0.4, -0.2) is 24.3 Å². The van der Waals surface area contributed by atoms with Crippen LogP contribution in [0.4, 0.5) is 0 Å². The quantitative estimate of drug-likeness (QED) is 0.492. The topological polar surface area (TPSA) is 46.5 Å². The predicted molar refractivity (Wildman–Crippen MR) is 21.7 cm³/mol. The summed E-state index contributed by atoms with van der Waals surface area (Å²) in [5.74, 6) is -0.355. The molecule has 1 aliphatic rings. The highest BCUT2D eigenvalue weighted by Gasteiger charge is 2.26. The summed E-state index contributed by atoms with van der Waals surface area (Å²) < 4.78 is 4.58. The molecule has 1 N–H and O–H groups in total. The Hall–Kier alpha value is -0.570. The molecule has 0 amide bonds. The van der Waals surface area contributed by atoms with Gasteiger partial charge in [-0.2, -0.15) is 0 Å². The predicted octanol–water partition coefficient (Wildman–Crippen LogP) is -0.324. The number of carbonyl (C=O) groups is 1. The molecular formula is C4H5O3. The second kappa shape index (κ2) is 1.50. The lowest BCUT2D eigenvalue weighted by atomic mass is 10.1. The summed E-state index contributed by atoms with van der Waals surface area (Å²) in [5.41, 5.74) is 0. The van der Waals surface area contributed by atoms with Crippen LogP contribution in [0, 0.1) is 5.92 Å². The van der Waals surface area contributed by atoms with Crippen LogP contribution >= 0.6 is 0 Å². The first-order valence-electron chi connectivity index (χ1n) is 1.96. The third-order valence-corrected chi connectivity index (χ3v) is 0.855. The fraction of sp³-hybridized carbons (Fsp3) is 0.500. The van der Waals surface area contributed by atoms with E-state index in [2.05, 4.69) is 4.74 Å². The molecule has 1 saturated heterocycles. The molecule has 0 saturated carbocycles. The number of hydrogen-bond donors (Lipinski definition) is 1. The third kappa shape index (κ3) is 0.718. The van der Waals surface area contributed by atoms with E-state index in [0.717, 1.165) is 0 Å². The summed E-state index contributed by atoms with van der Waals surface area (Å²) in [6.45, 7) is 0.630. The summed E-state index contributed by atoms with van der Waals surface area (Å²) in [5, 5.41) is 8.12. The molecule has 0 bridgehead atoms. The van der Waals surface area contributed by atoms with Crippen molar-refractivity contribution >= 4 is 5.97 Å². The summed E-state index contributed by atoms with van der Waals surface area (Å²) in [6.07, 6.45) is 0. The molecule has 0 aromatic rings. The Labute approximate surface area is 40.9 Å². The molecule has 1 radical (unpaired) electrons. The smallest absolute Gasteiger partial charge is 0.315 e. The van der Waals surface area contributed by atoms with Crippen LogP contribution in [0.15, 0.2) is 0 Å². The second-order valence-corrected chi connectivity index (χ2v) is 1.40. The lowest BCUT2D eigenvalue weighted by Crippen LogP contribution is -2.31. The zero-order valence-corrected chi connectivity index (χ0v) is 3.68. The van der Waals surface area contributed by atoms with E-state index in [1.165, 1.54) is 0 Å². The summed E-state index contributed by atoms with van der Waals surface area (Å²) >= 11 is 0. The molecule has 0 unspecified atom stereocenters. The van der Waals surface area contributed by atoms with E-state index in [1.54, 1.807) is 0 Å². The number of carboxylic acid groups (broad SMARTS) is 1. The first-order chi connectivity index (χ1) is 3.30. The van der Waals surface area contributed by atoms with Crippen LogP contribution in [0.25, 0.3) is 0 Å². The van der Waals surface area contributed by atoms with E-state index in [4.69, 9.17) is 5.11 Å². The minimum atomic E-state index is -0.828. The van der Waals surface area contributed by atoms with Gasteiger partial charge in [0.05, 0.1) is 13.2 Å². The normalized spacial score (nSPS) is 21.1. The molecule has 0 aliphatic carbocycles. The average molecular weight is 101 g/mol. The molecule has 0 atom stereocenters. The van der Waals surface area contributed by atoms with Gasteiger partial charge in [0.2, 0.25) is 0 Å². The van der Waals surface area contributed by atoms with Gasteiger partial charge in [0.1, 0.15) is 5.92 Å². The van der Waals surface area contributed by atoms with Crippen molar-refractivity contribution in [2.45, 2.75) is 0 Å². The highest BCUT2D eigenvalue weighted by Crippen LogP contribution is 2.10. The van der Waals surface area contributed by atoms with E-state index in [0.29, 0.717) is 19.1 Å². The van der Waals surface area contributed by atoms with E-state index in [1.807, 2.05) is 0 Å². The van der Waals surface area contributed by atoms with E-state index in [-0.39, 0.29) is 0 Å². The average Bonchev–Trinajstić information content (AvgIpc) is 1.23.